The maximum Gasteiger partial charge on any atom is 0.247 e. The highest BCUT2D eigenvalue weighted by atomic mass is 16.3. The van der Waals surface area contributed by atoms with Gasteiger partial charge in [-0.05, 0) is 0 Å². The zero-order chi connectivity index (χ0) is 16.0. The lowest BCUT2D eigenvalue weighted by Gasteiger charge is -2.31. The Kier molecular flexibility index (Phi) is 6.28. The summed E-state index contributed by atoms with van der Waals surface area (Å²) in [5.74, 6) is -1.69. The molecular formula is C12H20N4O5. The first kappa shape index (κ1) is 17.1. The molecule has 0 aliphatic heterocycles. The predicted octanol–water partition coefficient (Wildman–Crippen LogP) is -3.53. The van der Waals surface area contributed by atoms with Crippen LogP contribution in [-0.4, -0.2) is 59.3 Å². The minimum absolute atomic E-state index is 0.0658. The van der Waals surface area contributed by atoms with Crippen LogP contribution >= 0.6 is 0 Å². The quantitative estimate of drug-likeness (QED) is 0.297. The molecule has 0 aromatic carbocycles. The zero-order valence-electron chi connectivity index (χ0n) is 11.4. The van der Waals surface area contributed by atoms with Crippen LogP contribution in [0.15, 0.2) is 11.6 Å². The molecule has 3 amide bonds. The molecule has 0 aromatic heterocycles. The van der Waals surface area contributed by atoms with Gasteiger partial charge in [0.25, 0.3) is 0 Å². The summed E-state index contributed by atoms with van der Waals surface area (Å²) in [6, 6.07) is -0.901. The molecule has 3 atom stereocenters. The molecule has 1 rings (SSSR count). The first-order valence-electron chi connectivity index (χ1n) is 6.48. The van der Waals surface area contributed by atoms with E-state index in [9.17, 15) is 24.6 Å². The van der Waals surface area contributed by atoms with E-state index in [0.29, 0.717) is 0 Å². The van der Waals surface area contributed by atoms with Crippen LogP contribution in [0.25, 0.3) is 0 Å². The lowest BCUT2D eigenvalue weighted by Crippen LogP contribution is -2.51. The molecule has 0 spiro atoms. The number of aliphatic hydroxyl groups excluding tert-OH is 2. The van der Waals surface area contributed by atoms with Crippen molar-refractivity contribution in [3.8, 4) is 0 Å². The van der Waals surface area contributed by atoms with Gasteiger partial charge in [0.15, 0.2) is 0 Å². The summed E-state index contributed by atoms with van der Waals surface area (Å²) in [5, 5.41) is 24.3. The van der Waals surface area contributed by atoms with Crippen molar-refractivity contribution in [1.82, 2.24) is 10.6 Å². The van der Waals surface area contributed by atoms with Gasteiger partial charge in [-0.1, -0.05) is 6.08 Å². The lowest BCUT2D eigenvalue weighted by molar-refractivity contribution is -0.124. The number of amides is 3. The van der Waals surface area contributed by atoms with E-state index in [1.807, 2.05) is 0 Å². The van der Waals surface area contributed by atoms with E-state index in [2.05, 4.69) is 10.6 Å². The second kappa shape index (κ2) is 7.72. The largest absolute Gasteiger partial charge is 0.390 e. The minimum Gasteiger partial charge on any atom is -0.390 e. The third-order valence-electron chi connectivity index (χ3n) is 2.99. The molecule has 1 aliphatic carbocycles. The summed E-state index contributed by atoms with van der Waals surface area (Å²) in [5.41, 5.74) is 10.3. The van der Waals surface area contributed by atoms with Gasteiger partial charge in [-0.25, -0.2) is 0 Å². The van der Waals surface area contributed by atoms with Crippen LogP contribution in [0.2, 0.25) is 0 Å². The summed E-state index contributed by atoms with van der Waals surface area (Å²) in [4.78, 5) is 33.9. The van der Waals surface area contributed by atoms with Crippen LogP contribution < -0.4 is 22.1 Å². The third kappa shape index (κ3) is 5.14. The fourth-order valence-corrected chi connectivity index (χ4v) is 1.93. The van der Waals surface area contributed by atoms with Crippen molar-refractivity contribution in [1.29, 1.82) is 0 Å². The van der Waals surface area contributed by atoms with E-state index >= 15 is 0 Å². The second-order valence-corrected chi connectivity index (χ2v) is 4.73. The van der Waals surface area contributed by atoms with Crippen LogP contribution in [0.3, 0.4) is 0 Å². The fraction of sp³-hybridized carbons (Fsp3) is 0.583. The first-order valence-corrected chi connectivity index (χ1v) is 6.48. The second-order valence-electron chi connectivity index (χ2n) is 4.73. The van der Waals surface area contributed by atoms with Crippen molar-refractivity contribution in [3.05, 3.63) is 11.6 Å². The molecule has 0 bridgehead atoms. The van der Waals surface area contributed by atoms with E-state index < -0.39 is 36.0 Å². The van der Waals surface area contributed by atoms with Gasteiger partial charge in [-0.15, -0.1) is 0 Å². The Hall–Kier alpha value is -1.97. The van der Waals surface area contributed by atoms with E-state index in [4.69, 9.17) is 11.5 Å². The molecule has 118 valence electrons. The Bertz CT molecular complexity index is 451. The maximum atomic E-state index is 11.8. The van der Waals surface area contributed by atoms with E-state index in [1.165, 1.54) is 6.08 Å². The van der Waals surface area contributed by atoms with E-state index in [1.54, 1.807) is 0 Å². The van der Waals surface area contributed by atoms with Crippen LogP contribution in [0.4, 0.5) is 0 Å². The molecule has 1 aliphatic rings. The van der Waals surface area contributed by atoms with Gasteiger partial charge in [-0.2, -0.15) is 0 Å². The van der Waals surface area contributed by atoms with Gasteiger partial charge in [0, 0.05) is 25.0 Å². The number of hydrogen-bond acceptors (Lipinski definition) is 6. The molecule has 0 aromatic rings. The van der Waals surface area contributed by atoms with Crippen molar-refractivity contribution < 1.29 is 24.6 Å². The van der Waals surface area contributed by atoms with Crippen molar-refractivity contribution in [2.45, 2.75) is 31.1 Å². The molecular weight excluding hydrogens is 280 g/mol. The fourth-order valence-electron chi connectivity index (χ4n) is 1.93. The zero-order valence-corrected chi connectivity index (χ0v) is 11.4. The van der Waals surface area contributed by atoms with Crippen LogP contribution in [0.1, 0.15) is 12.8 Å². The Morgan fingerprint density at radius 3 is 2.57 bits per heavy atom. The lowest BCUT2D eigenvalue weighted by atomic mass is 9.90. The Balaban J connectivity index is 2.76. The molecule has 21 heavy (non-hydrogen) atoms. The summed E-state index contributed by atoms with van der Waals surface area (Å²) < 4.78 is 0. The highest BCUT2D eigenvalue weighted by Gasteiger charge is 2.33. The summed E-state index contributed by atoms with van der Waals surface area (Å²) in [6.45, 7) is -0.189. The smallest absolute Gasteiger partial charge is 0.247 e. The monoisotopic (exact) mass is 300 g/mol. The van der Waals surface area contributed by atoms with Crippen molar-refractivity contribution in [2.24, 2.45) is 11.5 Å². The molecule has 0 radical (unpaired) electrons. The number of carbonyl (C=O) groups is 3. The first-order chi connectivity index (χ1) is 9.85. The number of carbonyl (C=O) groups excluding carboxylic acids is 3. The Morgan fingerprint density at radius 1 is 1.33 bits per heavy atom. The van der Waals surface area contributed by atoms with Crippen LogP contribution in [0, 0.1) is 0 Å². The molecule has 9 heteroatoms. The summed E-state index contributed by atoms with van der Waals surface area (Å²) >= 11 is 0. The van der Waals surface area contributed by atoms with Gasteiger partial charge in [0.1, 0.15) is 6.10 Å². The van der Waals surface area contributed by atoms with Gasteiger partial charge < -0.3 is 32.3 Å². The summed E-state index contributed by atoms with van der Waals surface area (Å²) in [7, 11) is 0. The highest BCUT2D eigenvalue weighted by Crippen LogP contribution is 2.19. The average molecular weight is 300 g/mol. The highest BCUT2D eigenvalue weighted by molar-refractivity contribution is 5.96. The predicted molar refractivity (Wildman–Crippen MR) is 72.5 cm³/mol. The number of hydrogen-bond donors (Lipinski definition) is 6. The van der Waals surface area contributed by atoms with Crippen LogP contribution in [-0.2, 0) is 14.4 Å². The number of nitrogens with two attached hydrogens (primary N) is 2. The molecule has 9 nitrogen and oxygen atoms in total. The maximum absolute atomic E-state index is 11.8. The molecule has 8 N–H and O–H groups in total. The van der Waals surface area contributed by atoms with E-state index in [-0.39, 0.29) is 31.5 Å². The van der Waals surface area contributed by atoms with Gasteiger partial charge in [0.2, 0.25) is 17.7 Å². The number of primary amides is 1. The molecule has 0 heterocycles. The Morgan fingerprint density at radius 2 is 2.00 bits per heavy atom. The van der Waals surface area contributed by atoms with Crippen molar-refractivity contribution >= 4 is 17.7 Å². The van der Waals surface area contributed by atoms with Crippen molar-refractivity contribution in [3.63, 3.8) is 0 Å². The van der Waals surface area contributed by atoms with Gasteiger partial charge >= 0.3 is 0 Å². The van der Waals surface area contributed by atoms with E-state index in [0.717, 1.165) is 0 Å². The average Bonchev–Trinajstić information content (AvgIpc) is 2.41. The normalized spacial score (nSPS) is 24.9. The standard InChI is InChI=1S/C12H20N4O5/c13-2-1-10(19)16-7-3-6(4-8(17)11(7)20)12(21)15-5-9(14)18/h3,7-8,11,17,20H,1-2,4-5,13H2,(H2,14,18)(H,15,21)(H,16,19). The van der Waals surface area contributed by atoms with Crippen LogP contribution in [0.5, 0.6) is 0 Å². The SMILES string of the molecule is NCCC(=O)NC1C=C(C(=O)NCC(N)=O)CC(O)C1O. The van der Waals surface area contributed by atoms with Gasteiger partial charge in [-0.3, -0.25) is 14.4 Å². The summed E-state index contributed by atoms with van der Waals surface area (Å²) in [6.07, 6.45) is -1.10. The Labute approximate surface area is 121 Å². The number of aliphatic hydroxyl groups is 2. The molecule has 0 saturated carbocycles. The molecule has 3 unspecified atom stereocenters. The number of nitrogens with one attached hydrogen (secondary N) is 2. The minimum atomic E-state index is -1.22. The molecule has 0 saturated heterocycles. The number of rotatable bonds is 6. The third-order valence-corrected chi connectivity index (χ3v) is 2.99. The molecule has 0 fully saturated rings. The van der Waals surface area contributed by atoms with Gasteiger partial charge in [0.05, 0.1) is 18.7 Å². The topological polar surface area (TPSA) is 168 Å². The van der Waals surface area contributed by atoms with Crippen molar-refractivity contribution in [2.75, 3.05) is 13.1 Å².